The lowest BCUT2D eigenvalue weighted by Crippen LogP contribution is -2.45. The van der Waals surface area contributed by atoms with Gasteiger partial charge in [0, 0.05) is 23.9 Å². The Hall–Kier alpha value is -0.570. The third kappa shape index (κ3) is 3.25. The molecule has 2 unspecified atom stereocenters. The quantitative estimate of drug-likeness (QED) is 0.883. The Morgan fingerprint density at radius 3 is 2.89 bits per heavy atom. The molecule has 1 aromatic rings. The van der Waals surface area contributed by atoms with Crippen LogP contribution in [0.15, 0.2) is 18.2 Å². The first-order valence-electron chi connectivity index (χ1n) is 6.67. The van der Waals surface area contributed by atoms with Gasteiger partial charge in [0.05, 0.1) is 5.60 Å². The minimum Gasteiger partial charge on any atom is -0.389 e. The summed E-state index contributed by atoms with van der Waals surface area (Å²) in [7, 11) is 0. The summed E-state index contributed by atoms with van der Waals surface area (Å²) in [4.78, 5) is 0. The number of benzene rings is 1. The smallest absolute Gasteiger partial charge is 0.0700 e. The predicted molar refractivity (Wildman–Crippen MR) is 76.1 cm³/mol. The summed E-state index contributed by atoms with van der Waals surface area (Å²) in [5.74, 6) is 0.309. The van der Waals surface area contributed by atoms with Crippen LogP contribution in [-0.2, 0) is 6.42 Å². The lowest BCUT2D eigenvalue weighted by molar-refractivity contribution is -0.0102. The molecule has 1 saturated heterocycles. The number of hydrogen-bond donors (Lipinski definition) is 2. The maximum Gasteiger partial charge on any atom is 0.0700 e. The molecule has 0 saturated carbocycles. The van der Waals surface area contributed by atoms with Crippen LogP contribution in [0.5, 0.6) is 0 Å². The van der Waals surface area contributed by atoms with E-state index in [4.69, 9.17) is 11.6 Å². The molecule has 2 rings (SSSR count). The van der Waals surface area contributed by atoms with E-state index < -0.39 is 5.60 Å². The fourth-order valence-corrected chi connectivity index (χ4v) is 3.01. The largest absolute Gasteiger partial charge is 0.389 e. The van der Waals surface area contributed by atoms with E-state index in [0.717, 1.165) is 42.1 Å². The van der Waals surface area contributed by atoms with Crippen LogP contribution in [0.2, 0.25) is 5.02 Å². The van der Waals surface area contributed by atoms with Crippen molar-refractivity contribution in [2.45, 2.75) is 38.7 Å². The van der Waals surface area contributed by atoms with E-state index in [2.05, 4.69) is 11.4 Å². The summed E-state index contributed by atoms with van der Waals surface area (Å²) in [5.41, 5.74) is 1.51. The van der Waals surface area contributed by atoms with Gasteiger partial charge in [0.25, 0.3) is 0 Å². The summed E-state index contributed by atoms with van der Waals surface area (Å²) in [6, 6.07) is 6.05. The second kappa shape index (κ2) is 5.60. The Morgan fingerprint density at radius 2 is 2.28 bits per heavy atom. The van der Waals surface area contributed by atoms with Crippen LogP contribution in [0.3, 0.4) is 0 Å². The van der Waals surface area contributed by atoms with E-state index in [1.807, 2.05) is 26.0 Å². The summed E-state index contributed by atoms with van der Waals surface area (Å²) in [6.45, 7) is 5.92. The SMILES string of the molecule is Cc1ccc(CC(C)(O)C2CCCNC2)c(Cl)c1. The predicted octanol–water partition coefficient (Wildman–Crippen LogP) is 2.94. The van der Waals surface area contributed by atoms with Gasteiger partial charge >= 0.3 is 0 Å². The number of nitrogens with one attached hydrogen (secondary N) is 1. The Labute approximate surface area is 114 Å². The molecule has 100 valence electrons. The first-order chi connectivity index (χ1) is 8.49. The monoisotopic (exact) mass is 267 g/mol. The van der Waals surface area contributed by atoms with E-state index in [-0.39, 0.29) is 0 Å². The highest BCUT2D eigenvalue weighted by Gasteiger charge is 2.33. The summed E-state index contributed by atoms with van der Waals surface area (Å²) < 4.78 is 0. The third-order valence-electron chi connectivity index (χ3n) is 3.93. The van der Waals surface area contributed by atoms with Gasteiger partial charge in [-0.3, -0.25) is 0 Å². The molecule has 3 heteroatoms. The van der Waals surface area contributed by atoms with Crippen molar-refractivity contribution >= 4 is 11.6 Å². The molecule has 0 spiro atoms. The van der Waals surface area contributed by atoms with Crippen LogP contribution in [0.25, 0.3) is 0 Å². The maximum atomic E-state index is 10.7. The second-order valence-electron chi connectivity index (χ2n) is 5.67. The fourth-order valence-electron chi connectivity index (χ4n) is 2.71. The van der Waals surface area contributed by atoms with E-state index in [9.17, 15) is 5.11 Å². The second-order valence-corrected chi connectivity index (χ2v) is 6.08. The topological polar surface area (TPSA) is 32.3 Å². The molecule has 1 heterocycles. The van der Waals surface area contributed by atoms with E-state index in [0.29, 0.717) is 12.3 Å². The zero-order chi connectivity index (χ0) is 13.2. The molecule has 2 N–H and O–H groups in total. The highest BCUT2D eigenvalue weighted by atomic mass is 35.5. The number of halogens is 1. The highest BCUT2D eigenvalue weighted by molar-refractivity contribution is 6.31. The minimum absolute atomic E-state index is 0.309. The first kappa shape index (κ1) is 13.9. The fraction of sp³-hybridized carbons (Fsp3) is 0.600. The van der Waals surface area contributed by atoms with E-state index >= 15 is 0 Å². The number of hydrogen-bond acceptors (Lipinski definition) is 2. The van der Waals surface area contributed by atoms with Crippen molar-refractivity contribution in [2.75, 3.05) is 13.1 Å². The molecular weight excluding hydrogens is 246 g/mol. The van der Waals surface area contributed by atoms with Gasteiger partial charge in [0.2, 0.25) is 0 Å². The first-order valence-corrected chi connectivity index (χ1v) is 7.05. The van der Waals surface area contributed by atoms with Crippen LogP contribution in [0.1, 0.15) is 30.9 Å². The molecular formula is C15H22ClNO. The molecule has 0 bridgehead atoms. The van der Waals surface area contributed by atoms with Crippen LogP contribution >= 0.6 is 11.6 Å². The molecule has 1 aliphatic heterocycles. The lowest BCUT2D eigenvalue weighted by atomic mass is 9.79. The van der Waals surface area contributed by atoms with Crippen molar-refractivity contribution in [1.82, 2.24) is 5.32 Å². The zero-order valence-electron chi connectivity index (χ0n) is 11.2. The average Bonchev–Trinajstić information content (AvgIpc) is 2.34. The van der Waals surface area contributed by atoms with Crippen molar-refractivity contribution < 1.29 is 5.11 Å². The number of piperidine rings is 1. The molecule has 0 aromatic heterocycles. The number of rotatable bonds is 3. The van der Waals surface area contributed by atoms with Gasteiger partial charge in [-0.1, -0.05) is 23.7 Å². The van der Waals surface area contributed by atoms with Gasteiger partial charge in [-0.05, 0) is 50.4 Å². The Morgan fingerprint density at radius 1 is 1.50 bits per heavy atom. The molecule has 1 aromatic carbocycles. The van der Waals surface area contributed by atoms with E-state index in [1.54, 1.807) is 0 Å². The van der Waals surface area contributed by atoms with Gasteiger partial charge < -0.3 is 10.4 Å². The third-order valence-corrected chi connectivity index (χ3v) is 4.29. The summed E-state index contributed by atoms with van der Waals surface area (Å²) in [6.07, 6.45) is 2.85. The van der Waals surface area contributed by atoms with Crippen molar-refractivity contribution in [3.8, 4) is 0 Å². The van der Waals surface area contributed by atoms with Crippen LogP contribution in [0.4, 0.5) is 0 Å². The van der Waals surface area contributed by atoms with Crippen LogP contribution in [0, 0.1) is 12.8 Å². The van der Waals surface area contributed by atoms with Gasteiger partial charge in [-0.2, -0.15) is 0 Å². The van der Waals surface area contributed by atoms with Gasteiger partial charge in [0.1, 0.15) is 0 Å². The summed E-state index contributed by atoms with van der Waals surface area (Å²) in [5, 5.41) is 14.8. The average molecular weight is 268 g/mol. The van der Waals surface area contributed by atoms with Crippen LogP contribution < -0.4 is 5.32 Å². The molecule has 0 radical (unpaired) electrons. The zero-order valence-corrected chi connectivity index (χ0v) is 11.9. The number of aliphatic hydroxyl groups is 1. The molecule has 1 fully saturated rings. The van der Waals surface area contributed by atoms with Crippen molar-refractivity contribution in [1.29, 1.82) is 0 Å². The minimum atomic E-state index is -0.688. The van der Waals surface area contributed by atoms with Crippen molar-refractivity contribution in [2.24, 2.45) is 5.92 Å². The Balaban J connectivity index is 2.10. The standard InChI is InChI=1S/C15H22ClNO/c1-11-5-6-12(14(16)8-11)9-15(2,18)13-4-3-7-17-10-13/h5-6,8,13,17-18H,3-4,7,9-10H2,1-2H3. The Kier molecular flexibility index (Phi) is 4.31. The molecule has 0 aliphatic carbocycles. The number of aryl methyl sites for hydroxylation is 1. The molecule has 2 atom stereocenters. The lowest BCUT2D eigenvalue weighted by Gasteiger charge is -2.36. The van der Waals surface area contributed by atoms with Crippen molar-refractivity contribution in [3.05, 3.63) is 34.3 Å². The van der Waals surface area contributed by atoms with Gasteiger partial charge in [-0.25, -0.2) is 0 Å². The van der Waals surface area contributed by atoms with Gasteiger partial charge in [-0.15, -0.1) is 0 Å². The Bertz CT molecular complexity index is 411. The van der Waals surface area contributed by atoms with E-state index in [1.165, 1.54) is 0 Å². The molecule has 1 aliphatic rings. The molecule has 0 amide bonds. The normalized spacial score (nSPS) is 23.7. The highest BCUT2D eigenvalue weighted by Crippen LogP contribution is 2.30. The van der Waals surface area contributed by atoms with Gasteiger partial charge in [0.15, 0.2) is 0 Å². The molecule has 2 nitrogen and oxygen atoms in total. The molecule has 18 heavy (non-hydrogen) atoms. The summed E-state index contributed by atoms with van der Waals surface area (Å²) >= 11 is 6.25. The van der Waals surface area contributed by atoms with Crippen molar-refractivity contribution in [3.63, 3.8) is 0 Å². The maximum absolute atomic E-state index is 10.7. The van der Waals surface area contributed by atoms with Crippen LogP contribution in [-0.4, -0.2) is 23.8 Å².